The third-order valence-corrected chi connectivity index (χ3v) is 6.62. The number of rotatable bonds is 5. The Bertz CT molecular complexity index is 973. The Hall–Kier alpha value is -2.65. The van der Waals surface area contributed by atoms with Gasteiger partial charge in [0.1, 0.15) is 13.2 Å². The lowest BCUT2D eigenvalue weighted by Crippen LogP contribution is -2.41. The molecule has 29 heavy (non-hydrogen) atoms. The molecule has 1 saturated heterocycles. The summed E-state index contributed by atoms with van der Waals surface area (Å²) in [4.78, 5) is 18.4. The number of sulfonamides is 1. The SMILES string of the molecule is O=C(c1cccnc1)N1CCC(CNS(=O)(=O)c2ccc3c(c2)OCCO3)CC1. The van der Waals surface area contributed by atoms with Crippen molar-refractivity contribution >= 4 is 15.9 Å². The van der Waals surface area contributed by atoms with Gasteiger partial charge >= 0.3 is 0 Å². The summed E-state index contributed by atoms with van der Waals surface area (Å²) in [7, 11) is -3.64. The zero-order chi connectivity index (χ0) is 20.3. The van der Waals surface area contributed by atoms with E-state index in [4.69, 9.17) is 9.47 Å². The van der Waals surface area contributed by atoms with Crippen molar-refractivity contribution in [2.45, 2.75) is 17.7 Å². The van der Waals surface area contributed by atoms with E-state index in [9.17, 15) is 13.2 Å². The van der Waals surface area contributed by atoms with Gasteiger partial charge in [-0.2, -0.15) is 0 Å². The van der Waals surface area contributed by atoms with Crippen LogP contribution in [-0.4, -0.2) is 57.1 Å². The Balaban J connectivity index is 1.31. The number of aromatic nitrogens is 1. The van der Waals surface area contributed by atoms with Crippen LogP contribution in [0.1, 0.15) is 23.2 Å². The number of pyridine rings is 1. The van der Waals surface area contributed by atoms with Crippen molar-refractivity contribution in [1.82, 2.24) is 14.6 Å². The molecule has 2 aliphatic rings. The predicted octanol–water partition coefficient (Wildman–Crippen LogP) is 1.68. The summed E-state index contributed by atoms with van der Waals surface area (Å²) in [5, 5.41) is 0. The van der Waals surface area contributed by atoms with Gasteiger partial charge in [0.15, 0.2) is 11.5 Å². The molecule has 2 aromatic rings. The van der Waals surface area contributed by atoms with E-state index in [0.29, 0.717) is 49.9 Å². The predicted molar refractivity (Wildman–Crippen MR) is 105 cm³/mol. The van der Waals surface area contributed by atoms with Crippen molar-refractivity contribution < 1.29 is 22.7 Å². The molecule has 3 heterocycles. The van der Waals surface area contributed by atoms with Gasteiger partial charge in [0.25, 0.3) is 5.91 Å². The first kappa shape index (κ1) is 19.7. The quantitative estimate of drug-likeness (QED) is 0.795. The molecule has 0 bridgehead atoms. The summed E-state index contributed by atoms with van der Waals surface area (Å²) in [6, 6.07) is 8.12. The molecule has 0 atom stereocenters. The molecule has 1 aromatic carbocycles. The minimum Gasteiger partial charge on any atom is -0.486 e. The number of nitrogens with one attached hydrogen (secondary N) is 1. The molecule has 0 radical (unpaired) electrons. The third kappa shape index (κ3) is 4.51. The second-order valence-corrected chi connectivity index (χ2v) is 8.90. The highest BCUT2D eigenvalue weighted by Crippen LogP contribution is 2.32. The fourth-order valence-electron chi connectivity index (χ4n) is 3.51. The molecule has 1 aromatic heterocycles. The molecule has 1 N–H and O–H groups in total. The Morgan fingerprint density at radius 3 is 2.62 bits per heavy atom. The van der Waals surface area contributed by atoms with Gasteiger partial charge in [-0.3, -0.25) is 9.78 Å². The average molecular weight is 417 g/mol. The molecule has 1 amide bonds. The van der Waals surface area contributed by atoms with E-state index in [2.05, 4.69) is 9.71 Å². The first-order chi connectivity index (χ1) is 14.0. The molecule has 0 spiro atoms. The van der Waals surface area contributed by atoms with Crippen LogP contribution in [-0.2, 0) is 10.0 Å². The van der Waals surface area contributed by atoms with Crippen molar-refractivity contribution in [1.29, 1.82) is 0 Å². The molecule has 2 aliphatic heterocycles. The number of carbonyl (C=O) groups excluding carboxylic acids is 1. The summed E-state index contributed by atoms with van der Waals surface area (Å²) in [5.74, 6) is 1.15. The fourth-order valence-corrected chi connectivity index (χ4v) is 4.64. The molecule has 0 aliphatic carbocycles. The largest absolute Gasteiger partial charge is 0.486 e. The van der Waals surface area contributed by atoms with Crippen LogP contribution in [0.5, 0.6) is 11.5 Å². The van der Waals surface area contributed by atoms with Gasteiger partial charge in [0.05, 0.1) is 10.5 Å². The van der Waals surface area contributed by atoms with Gasteiger partial charge in [-0.1, -0.05) is 0 Å². The molecule has 1 fully saturated rings. The highest BCUT2D eigenvalue weighted by molar-refractivity contribution is 7.89. The van der Waals surface area contributed by atoms with Crippen LogP contribution < -0.4 is 14.2 Å². The van der Waals surface area contributed by atoms with Gasteiger partial charge in [0.2, 0.25) is 10.0 Å². The number of fused-ring (bicyclic) bond motifs is 1. The molecule has 0 saturated carbocycles. The van der Waals surface area contributed by atoms with E-state index in [1.165, 1.54) is 12.1 Å². The highest BCUT2D eigenvalue weighted by Gasteiger charge is 2.26. The van der Waals surface area contributed by atoms with E-state index >= 15 is 0 Å². The van der Waals surface area contributed by atoms with Crippen LogP contribution in [0.15, 0.2) is 47.6 Å². The lowest BCUT2D eigenvalue weighted by atomic mass is 9.97. The van der Waals surface area contributed by atoms with Crippen molar-refractivity contribution in [3.05, 3.63) is 48.3 Å². The molecule has 4 rings (SSSR count). The van der Waals surface area contributed by atoms with Crippen LogP contribution in [0.4, 0.5) is 0 Å². The standard InChI is InChI=1S/C20H23N3O5S/c24-20(16-2-1-7-21-14-16)23-8-5-15(6-9-23)13-22-29(25,26)17-3-4-18-19(12-17)28-11-10-27-18/h1-4,7,12,14-15,22H,5-6,8-11,13H2. The Morgan fingerprint density at radius 1 is 1.14 bits per heavy atom. The van der Waals surface area contributed by atoms with Gasteiger partial charge in [0, 0.05) is 38.1 Å². The van der Waals surface area contributed by atoms with Crippen molar-refractivity contribution in [3.8, 4) is 11.5 Å². The smallest absolute Gasteiger partial charge is 0.255 e. The fraction of sp³-hybridized carbons (Fsp3) is 0.400. The number of hydrogen-bond acceptors (Lipinski definition) is 6. The van der Waals surface area contributed by atoms with Crippen molar-refractivity contribution in [3.63, 3.8) is 0 Å². The van der Waals surface area contributed by atoms with Gasteiger partial charge < -0.3 is 14.4 Å². The van der Waals surface area contributed by atoms with E-state index < -0.39 is 10.0 Å². The Kier molecular flexibility index (Phi) is 5.68. The lowest BCUT2D eigenvalue weighted by molar-refractivity contribution is 0.0691. The summed E-state index contributed by atoms with van der Waals surface area (Å²) in [5.41, 5.74) is 0.574. The number of carbonyl (C=O) groups is 1. The first-order valence-electron chi connectivity index (χ1n) is 9.61. The van der Waals surface area contributed by atoms with Crippen molar-refractivity contribution in [2.24, 2.45) is 5.92 Å². The maximum Gasteiger partial charge on any atom is 0.255 e. The molecular formula is C20H23N3O5S. The van der Waals surface area contributed by atoms with Gasteiger partial charge in [-0.15, -0.1) is 0 Å². The Morgan fingerprint density at radius 2 is 1.90 bits per heavy atom. The number of likely N-dealkylation sites (tertiary alicyclic amines) is 1. The summed E-state index contributed by atoms with van der Waals surface area (Å²) >= 11 is 0. The molecule has 9 heteroatoms. The molecular weight excluding hydrogens is 394 g/mol. The second kappa shape index (κ2) is 8.38. The minimum atomic E-state index is -3.64. The van der Waals surface area contributed by atoms with E-state index in [-0.39, 0.29) is 16.7 Å². The van der Waals surface area contributed by atoms with Crippen LogP contribution in [0.2, 0.25) is 0 Å². The van der Waals surface area contributed by atoms with Crippen LogP contribution in [0.25, 0.3) is 0 Å². The Labute approximate surface area is 169 Å². The second-order valence-electron chi connectivity index (χ2n) is 7.13. The number of ether oxygens (including phenoxy) is 2. The molecule has 0 unspecified atom stereocenters. The van der Waals surface area contributed by atoms with E-state index in [1.807, 2.05) is 0 Å². The number of nitrogens with zero attached hydrogens (tertiary/aromatic N) is 2. The highest BCUT2D eigenvalue weighted by atomic mass is 32.2. The maximum absolute atomic E-state index is 12.6. The number of amides is 1. The van der Waals surface area contributed by atoms with E-state index in [1.54, 1.807) is 35.5 Å². The maximum atomic E-state index is 12.6. The average Bonchev–Trinajstić information content (AvgIpc) is 2.78. The minimum absolute atomic E-state index is 0.0339. The van der Waals surface area contributed by atoms with Crippen LogP contribution in [0.3, 0.4) is 0 Å². The normalized spacial score (nSPS) is 17.2. The zero-order valence-corrected chi connectivity index (χ0v) is 16.7. The van der Waals surface area contributed by atoms with Gasteiger partial charge in [-0.05, 0) is 43.0 Å². The summed E-state index contributed by atoms with van der Waals surface area (Å²) in [6.45, 7) is 2.40. The van der Waals surface area contributed by atoms with E-state index in [0.717, 1.165) is 12.8 Å². The summed E-state index contributed by atoms with van der Waals surface area (Å²) < 4.78 is 38.9. The molecule has 154 valence electrons. The third-order valence-electron chi connectivity index (χ3n) is 5.20. The van der Waals surface area contributed by atoms with Gasteiger partial charge in [-0.25, -0.2) is 13.1 Å². The lowest BCUT2D eigenvalue weighted by Gasteiger charge is -2.32. The number of piperidine rings is 1. The zero-order valence-electron chi connectivity index (χ0n) is 15.9. The van der Waals surface area contributed by atoms with Crippen LogP contribution in [0, 0.1) is 5.92 Å². The topological polar surface area (TPSA) is 97.8 Å². The molecule has 8 nitrogen and oxygen atoms in total. The first-order valence-corrected chi connectivity index (χ1v) is 11.1. The monoisotopic (exact) mass is 417 g/mol. The van der Waals surface area contributed by atoms with Crippen molar-refractivity contribution in [2.75, 3.05) is 32.8 Å². The number of benzene rings is 1. The number of hydrogen-bond donors (Lipinski definition) is 1. The van der Waals surface area contributed by atoms with Crippen LogP contribution >= 0.6 is 0 Å². The summed E-state index contributed by atoms with van der Waals surface area (Å²) in [6.07, 6.45) is 4.69.